The maximum Gasteiger partial charge on any atom is 0.225 e. The van der Waals surface area contributed by atoms with E-state index in [4.69, 9.17) is 21.1 Å². The van der Waals surface area contributed by atoms with Gasteiger partial charge in [0.05, 0.1) is 5.02 Å². The van der Waals surface area contributed by atoms with Gasteiger partial charge in [-0.25, -0.2) is 0 Å². The number of nitrogens with one attached hydrogen (secondary N) is 1. The van der Waals surface area contributed by atoms with E-state index in [1.807, 2.05) is 36.4 Å². The van der Waals surface area contributed by atoms with E-state index in [1.165, 1.54) is 11.8 Å². The third-order valence-corrected chi connectivity index (χ3v) is 4.72. The molecule has 1 heterocycles. The molecule has 0 fully saturated rings. The highest BCUT2D eigenvalue weighted by Crippen LogP contribution is 2.39. The molecule has 2 aromatic carbocycles. The molecule has 23 heavy (non-hydrogen) atoms. The summed E-state index contributed by atoms with van der Waals surface area (Å²) in [6.07, 6.45) is 0.407. The number of para-hydroxylation sites is 1. The average Bonchev–Trinajstić information content (AvgIpc) is 2.56. The van der Waals surface area contributed by atoms with E-state index in [1.54, 1.807) is 6.07 Å². The third-order valence-electron chi connectivity index (χ3n) is 3.24. The van der Waals surface area contributed by atoms with Crippen molar-refractivity contribution in [3.05, 3.63) is 47.5 Å². The largest absolute Gasteiger partial charge is 0.486 e. The molecule has 0 saturated heterocycles. The van der Waals surface area contributed by atoms with Gasteiger partial charge >= 0.3 is 0 Å². The van der Waals surface area contributed by atoms with Crippen LogP contribution in [0.15, 0.2) is 47.4 Å². The summed E-state index contributed by atoms with van der Waals surface area (Å²) in [6, 6.07) is 13.1. The highest BCUT2D eigenvalue weighted by Gasteiger charge is 2.15. The molecule has 120 valence electrons. The van der Waals surface area contributed by atoms with E-state index >= 15 is 0 Å². The van der Waals surface area contributed by atoms with Crippen LogP contribution in [-0.2, 0) is 4.79 Å². The molecular weight excluding hydrogens is 334 g/mol. The van der Waals surface area contributed by atoms with Crippen LogP contribution in [-0.4, -0.2) is 24.9 Å². The van der Waals surface area contributed by atoms with Gasteiger partial charge < -0.3 is 14.8 Å². The van der Waals surface area contributed by atoms with Crippen LogP contribution in [0.2, 0.25) is 5.02 Å². The molecular formula is C17H16ClNO3S. The van der Waals surface area contributed by atoms with Gasteiger partial charge in [-0.15, -0.1) is 11.8 Å². The summed E-state index contributed by atoms with van der Waals surface area (Å²) in [5, 5.41) is 3.48. The number of anilines is 1. The number of fused-ring (bicyclic) bond motifs is 1. The molecule has 0 radical (unpaired) electrons. The SMILES string of the molecule is O=C(CCSc1cc2c(cc1Cl)OCCO2)Nc1ccccc1. The zero-order valence-corrected chi connectivity index (χ0v) is 14.0. The Morgan fingerprint density at radius 1 is 1.13 bits per heavy atom. The van der Waals surface area contributed by atoms with Crippen molar-refractivity contribution in [2.45, 2.75) is 11.3 Å². The zero-order valence-electron chi connectivity index (χ0n) is 12.4. The second-order valence-corrected chi connectivity index (χ2v) is 6.48. The summed E-state index contributed by atoms with van der Waals surface area (Å²) in [4.78, 5) is 12.8. The first-order valence-corrected chi connectivity index (χ1v) is 8.65. The van der Waals surface area contributed by atoms with E-state index in [0.717, 1.165) is 10.6 Å². The van der Waals surface area contributed by atoms with Crippen molar-refractivity contribution in [3.8, 4) is 11.5 Å². The molecule has 0 atom stereocenters. The van der Waals surface area contributed by atoms with Crippen molar-refractivity contribution >= 4 is 35.0 Å². The zero-order chi connectivity index (χ0) is 16.1. The second kappa shape index (κ2) is 7.62. The van der Waals surface area contributed by atoms with Crippen molar-refractivity contribution in [2.24, 2.45) is 0 Å². The van der Waals surface area contributed by atoms with Gasteiger partial charge in [0.25, 0.3) is 0 Å². The fourth-order valence-corrected chi connectivity index (χ4v) is 3.37. The Balaban J connectivity index is 1.53. The Hall–Kier alpha value is -1.85. The van der Waals surface area contributed by atoms with Crippen LogP contribution in [0.4, 0.5) is 5.69 Å². The molecule has 4 nitrogen and oxygen atoms in total. The summed E-state index contributed by atoms with van der Waals surface area (Å²) in [7, 11) is 0. The molecule has 3 rings (SSSR count). The number of carbonyl (C=O) groups is 1. The number of halogens is 1. The molecule has 1 aliphatic heterocycles. The minimum Gasteiger partial charge on any atom is -0.486 e. The molecule has 0 bridgehead atoms. The average molecular weight is 350 g/mol. The number of benzene rings is 2. The number of ether oxygens (including phenoxy) is 2. The summed E-state index contributed by atoms with van der Waals surface area (Å²) in [6.45, 7) is 1.08. The Kier molecular flexibility index (Phi) is 5.31. The fraction of sp³-hybridized carbons (Fsp3) is 0.235. The molecule has 0 unspecified atom stereocenters. The van der Waals surface area contributed by atoms with Crippen molar-refractivity contribution in [1.29, 1.82) is 0 Å². The molecule has 0 saturated carbocycles. The van der Waals surface area contributed by atoms with Crippen LogP contribution in [0.25, 0.3) is 0 Å². The number of amides is 1. The Labute approximate surface area is 144 Å². The molecule has 1 N–H and O–H groups in total. The number of hydrogen-bond acceptors (Lipinski definition) is 4. The minimum atomic E-state index is -0.0163. The van der Waals surface area contributed by atoms with Gasteiger partial charge in [0.2, 0.25) is 5.91 Å². The van der Waals surface area contributed by atoms with Crippen molar-refractivity contribution in [2.75, 3.05) is 24.3 Å². The molecule has 0 aromatic heterocycles. The van der Waals surface area contributed by atoms with Crippen molar-refractivity contribution in [1.82, 2.24) is 0 Å². The normalized spacial score (nSPS) is 12.7. The predicted octanol–water partition coefficient (Wildman–Crippen LogP) is 4.23. The Bertz CT molecular complexity index is 694. The number of hydrogen-bond donors (Lipinski definition) is 1. The molecule has 1 amide bonds. The maximum absolute atomic E-state index is 11.9. The lowest BCUT2D eigenvalue weighted by molar-refractivity contribution is -0.115. The highest BCUT2D eigenvalue weighted by molar-refractivity contribution is 7.99. The van der Waals surface area contributed by atoms with Crippen LogP contribution >= 0.6 is 23.4 Å². The monoisotopic (exact) mass is 349 g/mol. The molecule has 1 aliphatic rings. The summed E-state index contributed by atoms with van der Waals surface area (Å²) in [5.41, 5.74) is 0.805. The van der Waals surface area contributed by atoms with Crippen molar-refractivity contribution in [3.63, 3.8) is 0 Å². The van der Waals surface area contributed by atoms with E-state index in [0.29, 0.717) is 41.9 Å². The number of thioether (sulfide) groups is 1. The van der Waals surface area contributed by atoms with E-state index in [-0.39, 0.29) is 5.91 Å². The predicted molar refractivity (Wildman–Crippen MR) is 92.9 cm³/mol. The molecule has 2 aromatic rings. The Morgan fingerprint density at radius 3 is 2.57 bits per heavy atom. The summed E-state index contributed by atoms with van der Waals surface area (Å²) >= 11 is 7.78. The lowest BCUT2D eigenvalue weighted by Crippen LogP contribution is -2.15. The first-order valence-electron chi connectivity index (χ1n) is 7.29. The van der Waals surface area contributed by atoms with Gasteiger partial charge in [0, 0.05) is 28.8 Å². The van der Waals surface area contributed by atoms with Gasteiger partial charge in [-0.3, -0.25) is 4.79 Å². The minimum absolute atomic E-state index is 0.0163. The summed E-state index contributed by atoms with van der Waals surface area (Å²) in [5.74, 6) is 2.00. The van der Waals surface area contributed by atoms with Crippen LogP contribution in [0.1, 0.15) is 6.42 Å². The van der Waals surface area contributed by atoms with Crippen LogP contribution in [0.5, 0.6) is 11.5 Å². The van der Waals surface area contributed by atoms with Crippen LogP contribution in [0, 0.1) is 0 Å². The van der Waals surface area contributed by atoms with Gasteiger partial charge in [0.15, 0.2) is 11.5 Å². The van der Waals surface area contributed by atoms with E-state index in [2.05, 4.69) is 5.32 Å². The van der Waals surface area contributed by atoms with Crippen molar-refractivity contribution < 1.29 is 14.3 Å². The van der Waals surface area contributed by atoms with E-state index < -0.39 is 0 Å². The van der Waals surface area contributed by atoms with Gasteiger partial charge in [0.1, 0.15) is 13.2 Å². The van der Waals surface area contributed by atoms with E-state index in [9.17, 15) is 4.79 Å². The first-order chi connectivity index (χ1) is 11.2. The standard InChI is InChI=1S/C17H16ClNO3S/c18-13-10-14-15(22-8-7-21-14)11-16(13)23-9-6-17(20)19-12-4-2-1-3-5-12/h1-5,10-11H,6-9H2,(H,19,20). The fourth-order valence-electron chi connectivity index (χ4n) is 2.15. The van der Waals surface area contributed by atoms with Gasteiger partial charge in [-0.1, -0.05) is 29.8 Å². The molecule has 0 spiro atoms. The lowest BCUT2D eigenvalue weighted by atomic mass is 10.3. The van der Waals surface area contributed by atoms with Gasteiger partial charge in [-0.2, -0.15) is 0 Å². The first kappa shape index (κ1) is 16.0. The molecule has 6 heteroatoms. The third kappa shape index (κ3) is 4.33. The highest BCUT2D eigenvalue weighted by atomic mass is 35.5. The van der Waals surface area contributed by atoms with Gasteiger partial charge in [-0.05, 0) is 18.2 Å². The maximum atomic E-state index is 11.9. The van der Waals surface area contributed by atoms with Crippen LogP contribution in [0.3, 0.4) is 0 Å². The smallest absolute Gasteiger partial charge is 0.225 e. The summed E-state index contributed by atoms with van der Waals surface area (Å²) < 4.78 is 11.0. The Morgan fingerprint density at radius 2 is 1.83 bits per heavy atom. The number of carbonyl (C=O) groups excluding carboxylic acids is 1. The number of rotatable bonds is 5. The molecule has 0 aliphatic carbocycles. The quantitative estimate of drug-likeness (QED) is 0.820. The lowest BCUT2D eigenvalue weighted by Gasteiger charge is -2.19. The topological polar surface area (TPSA) is 47.6 Å². The second-order valence-electron chi connectivity index (χ2n) is 4.94. The van der Waals surface area contributed by atoms with Crippen LogP contribution < -0.4 is 14.8 Å².